The quantitative estimate of drug-likeness (QED) is 0.876. The van der Waals surface area contributed by atoms with E-state index in [2.05, 4.69) is 41.9 Å². The number of halogens is 1. The fourth-order valence-electron chi connectivity index (χ4n) is 2.23. The maximum Gasteiger partial charge on any atom is 0.128 e. The van der Waals surface area contributed by atoms with E-state index in [1.165, 1.54) is 16.7 Å². The van der Waals surface area contributed by atoms with Gasteiger partial charge in [0.25, 0.3) is 0 Å². The van der Waals surface area contributed by atoms with Crippen molar-refractivity contribution in [2.45, 2.75) is 33.2 Å². The van der Waals surface area contributed by atoms with E-state index in [9.17, 15) is 0 Å². The van der Waals surface area contributed by atoms with Gasteiger partial charge in [0.05, 0.1) is 0 Å². The van der Waals surface area contributed by atoms with Crippen LogP contribution in [0.25, 0.3) is 0 Å². The maximum absolute atomic E-state index is 5.92. The van der Waals surface area contributed by atoms with Gasteiger partial charge < -0.3 is 10.5 Å². The average Bonchev–Trinajstić information content (AvgIpc) is 2.31. The van der Waals surface area contributed by atoms with Gasteiger partial charge in [-0.15, -0.1) is 0 Å². The highest BCUT2D eigenvalue weighted by Crippen LogP contribution is 2.28. The Labute approximate surface area is 129 Å². The smallest absolute Gasteiger partial charge is 0.128 e. The van der Waals surface area contributed by atoms with E-state index in [-0.39, 0.29) is 6.04 Å². The fourth-order valence-corrected chi connectivity index (χ4v) is 2.75. The fraction of sp³-hybridized carbons (Fsp3) is 0.294. The maximum atomic E-state index is 5.92. The van der Waals surface area contributed by atoms with E-state index < -0.39 is 0 Å². The van der Waals surface area contributed by atoms with Gasteiger partial charge >= 0.3 is 0 Å². The van der Waals surface area contributed by atoms with Crippen LogP contribution in [0.4, 0.5) is 0 Å². The monoisotopic (exact) mass is 333 g/mol. The highest BCUT2D eigenvalue weighted by molar-refractivity contribution is 9.10. The van der Waals surface area contributed by atoms with Gasteiger partial charge in [-0.1, -0.05) is 28.1 Å². The van der Waals surface area contributed by atoms with Crippen LogP contribution >= 0.6 is 15.9 Å². The zero-order chi connectivity index (χ0) is 14.7. The standard InChI is InChI=1S/C17H20BrNO/c1-11-6-12(2)8-16(7-11)20-15-5-4-14(9-13(3)19)17(18)10-15/h4-8,10,13H,9,19H2,1-3H3. The Balaban J connectivity index is 2.19. The molecule has 0 radical (unpaired) electrons. The van der Waals surface area contributed by atoms with Crippen LogP contribution in [0.5, 0.6) is 11.5 Å². The van der Waals surface area contributed by atoms with Gasteiger partial charge in [-0.2, -0.15) is 0 Å². The molecule has 1 atom stereocenters. The third-order valence-electron chi connectivity index (χ3n) is 3.00. The molecule has 0 aromatic heterocycles. The average molecular weight is 334 g/mol. The SMILES string of the molecule is Cc1cc(C)cc(Oc2ccc(CC(C)N)c(Br)c2)c1. The first kappa shape index (κ1) is 15.1. The Hall–Kier alpha value is -1.32. The first-order chi connectivity index (χ1) is 9.44. The van der Waals surface area contributed by atoms with Crippen LogP contribution in [0.2, 0.25) is 0 Å². The van der Waals surface area contributed by atoms with Crippen molar-refractivity contribution in [3.05, 3.63) is 57.6 Å². The lowest BCUT2D eigenvalue weighted by Gasteiger charge is -2.11. The largest absolute Gasteiger partial charge is 0.457 e. The zero-order valence-corrected chi connectivity index (χ0v) is 13.7. The number of rotatable bonds is 4. The number of benzene rings is 2. The van der Waals surface area contributed by atoms with Crippen molar-refractivity contribution in [1.82, 2.24) is 0 Å². The molecule has 0 bridgehead atoms. The summed E-state index contributed by atoms with van der Waals surface area (Å²) in [6.07, 6.45) is 0.852. The van der Waals surface area contributed by atoms with Crippen molar-refractivity contribution >= 4 is 15.9 Å². The van der Waals surface area contributed by atoms with Gasteiger partial charge in [0, 0.05) is 10.5 Å². The van der Waals surface area contributed by atoms with Gasteiger partial charge in [-0.25, -0.2) is 0 Å². The summed E-state index contributed by atoms with van der Waals surface area (Å²) < 4.78 is 6.96. The molecule has 3 heteroatoms. The van der Waals surface area contributed by atoms with Crippen molar-refractivity contribution in [3.8, 4) is 11.5 Å². The number of hydrogen-bond donors (Lipinski definition) is 1. The van der Waals surface area contributed by atoms with Crippen molar-refractivity contribution < 1.29 is 4.74 Å². The topological polar surface area (TPSA) is 35.2 Å². The first-order valence-corrected chi connectivity index (χ1v) is 7.53. The molecule has 1 unspecified atom stereocenters. The predicted molar refractivity (Wildman–Crippen MR) is 87.5 cm³/mol. The van der Waals surface area contributed by atoms with Crippen LogP contribution in [-0.2, 0) is 6.42 Å². The Morgan fingerprint density at radius 3 is 2.25 bits per heavy atom. The number of ether oxygens (including phenoxy) is 1. The summed E-state index contributed by atoms with van der Waals surface area (Å²) in [4.78, 5) is 0. The lowest BCUT2D eigenvalue weighted by Crippen LogP contribution is -2.17. The van der Waals surface area contributed by atoms with E-state index in [1.54, 1.807) is 0 Å². The first-order valence-electron chi connectivity index (χ1n) is 6.74. The zero-order valence-electron chi connectivity index (χ0n) is 12.1. The molecule has 2 aromatic rings. The molecule has 0 fully saturated rings. The van der Waals surface area contributed by atoms with Gasteiger partial charge in [0.2, 0.25) is 0 Å². The van der Waals surface area contributed by atoms with E-state index in [4.69, 9.17) is 10.5 Å². The molecule has 0 saturated carbocycles. The summed E-state index contributed by atoms with van der Waals surface area (Å²) in [6, 6.07) is 12.4. The van der Waals surface area contributed by atoms with Crippen LogP contribution in [0.15, 0.2) is 40.9 Å². The lowest BCUT2D eigenvalue weighted by molar-refractivity contribution is 0.481. The molecule has 2 rings (SSSR count). The Kier molecular flexibility index (Phi) is 4.84. The third kappa shape index (κ3) is 4.09. The molecule has 2 nitrogen and oxygen atoms in total. The molecule has 0 heterocycles. The van der Waals surface area contributed by atoms with E-state index in [0.29, 0.717) is 0 Å². The van der Waals surface area contributed by atoms with Gasteiger partial charge in [0.1, 0.15) is 11.5 Å². The molecule has 20 heavy (non-hydrogen) atoms. The number of hydrogen-bond acceptors (Lipinski definition) is 2. The highest BCUT2D eigenvalue weighted by Gasteiger charge is 2.06. The van der Waals surface area contributed by atoms with Gasteiger partial charge in [-0.05, 0) is 68.1 Å². The molecule has 0 spiro atoms. The molecule has 0 amide bonds. The van der Waals surface area contributed by atoms with Crippen LogP contribution in [0, 0.1) is 13.8 Å². The van der Waals surface area contributed by atoms with Crippen molar-refractivity contribution in [2.24, 2.45) is 5.73 Å². The molecule has 2 N–H and O–H groups in total. The molecule has 0 saturated heterocycles. The second kappa shape index (κ2) is 6.42. The summed E-state index contributed by atoms with van der Waals surface area (Å²) in [5.41, 5.74) is 9.44. The highest BCUT2D eigenvalue weighted by atomic mass is 79.9. The summed E-state index contributed by atoms with van der Waals surface area (Å²) >= 11 is 3.58. The van der Waals surface area contributed by atoms with Gasteiger partial charge in [0.15, 0.2) is 0 Å². The minimum Gasteiger partial charge on any atom is -0.457 e. The molecule has 106 valence electrons. The normalized spacial score (nSPS) is 12.2. The number of aryl methyl sites for hydroxylation is 2. The van der Waals surface area contributed by atoms with E-state index in [0.717, 1.165) is 22.4 Å². The second-order valence-corrected chi connectivity index (χ2v) is 6.21. The van der Waals surface area contributed by atoms with Crippen molar-refractivity contribution in [1.29, 1.82) is 0 Å². The summed E-state index contributed by atoms with van der Waals surface area (Å²) in [5, 5.41) is 0. The Bertz CT molecular complexity index is 588. The number of nitrogens with two attached hydrogens (primary N) is 1. The van der Waals surface area contributed by atoms with Gasteiger partial charge in [-0.3, -0.25) is 0 Å². The second-order valence-electron chi connectivity index (χ2n) is 5.36. The van der Waals surface area contributed by atoms with E-state index in [1.807, 2.05) is 31.2 Å². The summed E-state index contributed by atoms with van der Waals surface area (Å²) in [6.45, 7) is 6.15. The summed E-state index contributed by atoms with van der Waals surface area (Å²) in [5.74, 6) is 1.70. The predicted octanol–water partition coefficient (Wildman–Crippen LogP) is 4.75. The lowest BCUT2D eigenvalue weighted by atomic mass is 10.1. The van der Waals surface area contributed by atoms with Crippen LogP contribution in [0.1, 0.15) is 23.6 Å². The Morgan fingerprint density at radius 1 is 1.05 bits per heavy atom. The Morgan fingerprint density at radius 2 is 1.70 bits per heavy atom. The minimum absolute atomic E-state index is 0.150. The van der Waals surface area contributed by atoms with Crippen LogP contribution < -0.4 is 10.5 Å². The minimum atomic E-state index is 0.150. The molecule has 0 aliphatic heterocycles. The molecule has 2 aromatic carbocycles. The molecule has 0 aliphatic carbocycles. The molecular weight excluding hydrogens is 314 g/mol. The van der Waals surface area contributed by atoms with Crippen LogP contribution in [-0.4, -0.2) is 6.04 Å². The molecule has 0 aliphatic rings. The third-order valence-corrected chi connectivity index (χ3v) is 3.74. The van der Waals surface area contributed by atoms with Crippen molar-refractivity contribution in [2.75, 3.05) is 0 Å². The van der Waals surface area contributed by atoms with Crippen molar-refractivity contribution in [3.63, 3.8) is 0 Å². The van der Waals surface area contributed by atoms with Crippen LogP contribution in [0.3, 0.4) is 0 Å². The van der Waals surface area contributed by atoms with E-state index >= 15 is 0 Å². The summed E-state index contributed by atoms with van der Waals surface area (Å²) in [7, 11) is 0. The molecular formula is C17H20BrNO.